The second-order valence-corrected chi connectivity index (χ2v) is 7.51. The van der Waals surface area contributed by atoms with Crippen molar-refractivity contribution in [3.8, 4) is 5.75 Å². The minimum Gasteiger partial charge on any atom is -0.489 e. The van der Waals surface area contributed by atoms with Crippen LogP contribution in [0, 0.1) is 11.6 Å². The van der Waals surface area contributed by atoms with E-state index in [1.807, 2.05) is 4.90 Å². The third-order valence-corrected chi connectivity index (χ3v) is 5.60. The van der Waals surface area contributed by atoms with E-state index in [9.17, 15) is 13.9 Å². The fraction of sp³-hybridized carbons (Fsp3) is 0.368. The molecule has 140 valence electrons. The molecule has 0 aromatic heterocycles. The third kappa shape index (κ3) is 4.73. The smallest absolute Gasteiger partial charge is 0.172 e. The average Bonchev–Trinajstić information content (AvgIpc) is 3.12. The molecule has 7 heteroatoms. The molecule has 2 atom stereocenters. The molecule has 2 aromatic rings. The van der Waals surface area contributed by atoms with Crippen LogP contribution in [-0.4, -0.2) is 46.3 Å². The largest absolute Gasteiger partial charge is 0.489 e. The highest BCUT2D eigenvalue weighted by Gasteiger charge is 2.29. The predicted molar refractivity (Wildman–Crippen MR) is 96.1 cm³/mol. The van der Waals surface area contributed by atoms with Crippen molar-refractivity contribution in [1.82, 2.24) is 4.90 Å². The molecular weight excluding hydrogens is 360 g/mol. The normalized spacial score (nSPS) is 18.8. The topological polar surface area (TPSA) is 52.9 Å². The number of rotatable bonds is 7. The van der Waals surface area contributed by atoms with Gasteiger partial charge in [-0.1, -0.05) is 18.2 Å². The summed E-state index contributed by atoms with van der Waals surface area (Å²) in [4.78, 5) is 2.17. The van der Waals surface area contributed by atoms with Crippen molar-refractivity contribution >= 4 is 11.8 Å². The number of hydrogen-bond acceptors (Lipinski definition) is 5. The second kappa shape index (κ2) is 8.81. The highest BCUT2D eigenvalue weighted by atomic mass is 32.2. The lowest BCUT2D eigenvalue weighted by molar-refractivity contribution is -0.0139. The van der Waals surface area contributed by atoms with Gasteiger partial charge in [-0.3, -0.25) is 4.90 Å². The van der Waals surface area contributed by atoms with Crippen molar-refractivity contribution in [3.05, 3.63) is 59.7 Å². The first-order chi connectivity index (χ1) is 12.6. The first kappa shape index (κ1) is 19.1. The molecule has 3 rings (SSSR count). The van der Waals surface area contributed by atoms with Gasteiger partial charge in [0, 0.05) is 23.2 Å². The minimum atomic E-state index is -0.842. The summed E-state index contributed by atoms with van der Waals surface area (Å²) in [5.41, 5.74) is 0.793. The van der Waals surface area contributed by atoms with Gasteiger partial charge >= 0.3 is 0 Å². The van der Waals surface area contributed by atoms with Crippen LogP contribution in [0.1, 0.15) is 12.0 Å². The molecule has 26 heavy (non-hydrogen) atoms. The maximum absolute atomic E-state index is 13.8. The molecule has 4 nitrogen and oxygen atoms in total. The zero-order chi connectivity index (χ0) is 18.5. The van der Waals surface area contributed by atoms with E-state index >= 15 is 0 Å². The molecule has 2 aromatic carbocycles. The first-order valence-electron chi connectivity index (χ1n) is 8.42. The van der Waals surface area contributed by atoms with Crippen LogP contribution in [-0.2, 0) is 6.61 Å². The number of likely N-dealkylation sites (tertiary alicyclic amines) is 1. The first-order valence-corrected chi connectivity index (χ1v) is 9.30. The molecule has 0 bridgehead atoms. The van der Waals surface area contributed by atoms with Crippen LogP contribution in [0.2, 0.25) is 0 Å². The zero-order valence-electron chi connectivity index (χ0n) is 14.1. The Morgan fingerprint density at radius 2 is 1.96 bits per heavy atom. The van der Waals surface area contributed by atoms with Gasteiger partial charge in [-0.05, 0) is 36.2 Å². The molecule has 0 radical (unpaired) electrons. The number of aliphatic hydroxyl groups excluding tert-OH is 2. The van der Waals surface area contributed by atoms with E-state index < -0.39 is 17.9 Å². The lowest BCUT2D eigenvalue weighted by Crippen LogP contribution is -2.38. The maximum Gasteiger partial charge on any atom is 0.172 e. The van der Waals surface area contributed by atoms with Crippen LogP contribution in [0.5, 0.6) is 5.75 Å². The van der Waals surface area contributed by atoms with Gasteiger partial charge in [-0.25, -0.2) is 8.78 Å². The van der Waals surface area contributed by atoms with Gasteiger partial charge in [0.1, 0.15) is 18.6 Å². The lowest BCUT2D eigenvalue weighted by Gasteiger charge is -2.23. The van der Waals surface area contributed by atoms with Crippen molar-refractivity contribution in [1.29, 1.82) is 0 Å². The molecule has 0 amide bonds. The van der Waals surface area contributed by atoms with Crippen LogP contribution in [0.3, 0.4) is 0 Å². The summed E-state index contributed by atoms with van der Waals surface area (Å²) in [7, 11) is 0. The van der Waals surface area contributed by atoms with Gasteiger partial charge < -0.3 is 14.9 Å². The Hall–Kier alpha value is -1.67. The van der Waals surface area contributed by atoms with Crippen molar-refractivity contribution in [2.24, 2.45) is 0 Å². The van der Waals surface area contributed by atoms with Crippen molar-refractivity contribution < 1.29 is 23.7 Å². The number of thioether (sulfide) groups is 1. The van der Waals surface area contributed by atoms with Crippen molar-refractivity contribution in [3.63, 3.8) is 0 Å². The van der Waals surface area contributed by atoms with E-state index in [2.05, 4.69) is 0 Å². The molecule has 2 unspecified atom stereocenters. The zero-order valence-corrected chi connectivity index (χ0v) is 15.0. The highest BCUT2D eigenvalue weighted by molar-refractivity contribution is 8.00. The van der Waals surface area contributed by atoms with Crippen LogP contribution in [0.25, 0.3) is 0 Å². The quantitative estimate of drug-likeness (QED) is 0.772. The fourth-order valence-corrected chi connectivity index (χ4v) is 4.05. The molecular formula is C19H21F2NO3S. The maximum atomic E-state index is 13.8. The SMILES string of the molecule is OCc1ccc(OCC(O)N2CCC(Sc3cccc(F)c3F)C2)cc1. The Balaban J connectivity index is 1.48. The van der Waals surface area contributed by atoms with Crippen molar-refractivity contribution in [2.75, 3.05) is 19.7 Å². The summed E-state index contributed by atoms with van der Waals surface area (Å²) in [6, 6.07) is 11.2. The number of ether oxygens (including phenoxy) is 1. The van der Waals surface area contributed by atoms with Gasteiger partial charge in [0.25, 0.3) is 0 Å². The Morgan fingerprint density at radius 1 is 1.19 bits per heavy atom. The van der Waals surface area contributed by atoms with Gasteiger partial charge in [0.05, 0.1) is 6.61 Å². The average molecular weight is 381 g/mol. The van der Waals surface area contributed by atoms with E-state index in [-0.39, 0.29) is 18.5 Å². The predicted octanol–water partition coefficient (Wildman–Crippen LogP) is 3.02. The standard InChI is InChI=1S/C19H21F2NO3S/c20-16-2-1-3-17(19(16)21)26-15-8-9-22(10-15)18(24)12-25-14-6-4-13(11-23)5-7-14/h1-7,15,18,23-24H,8-12H2. The number of hydrogen-bond donors (Lipinski definition) is 2. The number of halogens is 2. The molecule has 1 aliphatic heterocycles. The summed E-state index contributed by atoms with van der Waals surface area (Å²) in [5, 5.41) is 19.4. The second-order valence-electron chi connectivity index (χ2n) is 6.17. The van der Waals surface area contributed by atoms with Gasteiger partial charge in [0.15, 0.2) is 11.6 Å². The fourth-order valence-electron chi connectivity index (χ4n) is 2.84. The summed E-state index contributed by atoms with van der Waals surface area (Å²) < 4.78 is 32.7. The van der Waals surface area contributed by atoms with Crippen LogP contribution < -0.4 is 4.74 Å². The molecule has 1 heterocycles. The number of benzene rings is 2. The van der Waals surface area contributed by atoms with Crippen LogP contribution in [0.15, 0.2) is 47.4 Å². The number of nitrogens with zero attached hydrogens (tertiary/aromatic N) is 1. The monoisotopic (exact) mass is 381 g/mol. The summed E-state index contributed by atoms with van der Waals surface area (Å²) in [5.74, 6) is -1.04. The minimum absolute atomic E-state index is 0.0261. The van der Waals surface area contributed by atoms with E-state index in [1.165, 1.54) is 17.8 Å². The van der Waals surface area contributed by atoms with Gasteiger partial charge in [-0.2, -0.15) is 0 Å². The summed E-state index contributed by atoms with van der Waals surface area (Å²) in [6.45, 7) is 1.34. The Morgan fingerprint density at radius 3 is 2.69 bits per heavy atom. The molecule has 0 spiro atoms. The number of aliphatic hydroxyl groups is 2. The molecule has 1 aliphatic rings. The molecule has 1 saturated heterocycles. The van der Waals surface area contributed by atoms with Gasteiger partial charge in [-0.15, -0.1) is 11.8 Å². The Bertz CT molecular complexity index is 729. The molecule has 2 N–H and O–H groups in total. The van der Waals surface area contributed by atoms with Gasteiger partial charge in [0.2, 0.25) is 0 Å². The van der Waals surface area contributed by atoms with E-state index in [1.54, 1.807) is 30.3 Å². The summed E-state index contributed by atoms with van der Waals surface area (Å²) in [6.07, 6.45) is 0.0126. The molecule has 1 fully saturated rings. The van der Waals surface area contributed by atoms with Crippen molar-refractivity contribution in [2.45, 2.75) is 29.4 Å². The lowest BCUT2D eigenvalue weighted by atomic mass is 10.2. The highest BCUT2D eigenvalue weighted by Crippen LogP contribution is 2.32. The Kier molecular flexibility index (Phi) is 6.48. The Labute approximate surface area is 155 Å². The third-order valence-electron chi connectivity index (χ3n) is 4.31. The molecule has 0 saturated carbocycles. The van der Waals surface area contributed by atoms with E-state index in [0.29, 0.717) is 23.7 Å². The van der Waals surface area contributed by atoms with E-state index in [4.69, 9.17) is 9.84 Å². The summed E-state index contributed by atoms with van der Waals surface area (Å²) >= 11 is 1.30. The molecule has 0 aliphatic carbocycles. The van der Waals surface area contributed by atoms with E-state index in [0.717, 1.165) is 18.1 Å². The van der Waals surface area contributed by atoms with Crippen LogP contribution >= 0.6 is 11.8 Å². The van der Waals surface area contributed by atoms with Crippen LogP contribution in [0.4, 0.5) is 8.78 Å².